The van der Waals surface area contributed by atoms with Crippen molar-refractivity contribution in [1.29, 1.82) is 0 Å². The Kier molecular flexibility index (Phi) is 4.03. The molecule has 1 amide bonds. The highest BCUT2D eigenvalue weighted by molar-refractivity contribution is 7.13. The molecule has 1 aromatic carbocycles. The summed E-state index contributed by atoms with van der Waals surface area (Å²) in [6, 6.07) is 1.69. The first-order valence-corrected chi connectivity index (χ1v) is 7.80. The maximum absolute atomic E-state index is 14.4. The molecule has 23 heavy (non-hydrogen) atoms. The van der Waals surface area contributed by atoms with Gasteiger partial charge in [-0.2, -0.15) is 0 Å². The van der Waals surface area contributed by atoms with Gasteiger partial charge < -0.3 is 15.7 Å². The van der Waals surface area contributed by atoms with E-state index in [0.29, 0.717) is 17.4 Å². The molecule has 0 spiro atoms. The van der Waals surface area contributed by atoms with E-state index in [1.54, 1.807) is 10.3 Å². The van der Waals surface area contributed by atoms with Crippen molar-refractivity contribution in [2.45, 2.75) is 18.9 Å². The average Bonchev–Trinajstić information content (AvgIpc) is 3.06. The van der Waals surface area contributed by atoms with E-state index >= 15 is 0 Å². The Balaban J connectivity index is 1.95. The average molecular weight is 340 g/mol. The lowest BCUT2D eigenvalue weighted by atomic mass is 10.1. The lowest BCUT2D eigenvalue weighted by Crippen LogP contribution is -2.25. The molecule has 1 aliphatic heterocycles. The van der Waals surface area contributed by atoms with Crippen molar-refractivity contribution >= 4 is 33.9 Å². The summed E-state index contributed by atoms with van der Waals surface area (Å²) < 4.78 is 28.7. The largest absolute Gasteiger partial charge is 0.465 e. The van der Waals surface area contributed by atoms with Crippen molar-refractivity contribution < 1.29 is 18.7 Å². The Hall–Kier alpha value is -2.42. The van der Waals surface area contributed by atoms with Crippen LogP contribution in [0.25, 0.3) is 0 Å². The third kappa shape index (κ3) is 3.04. The second kappa shape index (κ2) is 5.99. The van der Waals surface area contributed by atoms with Crippen LogP contribution < -0.4 is 16.0 Å². The van der Waals surface area contributed by atoms with Gasteiger partial charge in [-0.3, -0.25) is 5.32 Å². The third-order valence-electron chi connectivity index (χ3n) is 3.69. The SMILES string of the molecule is Nc1nc(C2CCCN2c2c(F)cc(NC(=O)O)cc2F)cs1. The molecule has 1 fully saturated rings. The highest BCUT2D eigenvalue weighted by Gasteiger charge is 2.32. The summed E-state index contributed by atoms with van der Waals surface area (Å²) in [7, 11) is 0. The number of hydrogen-bond acceptors (Lipinski definition) is 5. The van der Waals surface area contributed by atoms with E-state index in [2.05, 4.69) is 4.98 Å². The quantitative estimate of drug-likeness (QED) is 0.796. The number of anilines is 3. The number of halogens is 2. The number of thiazole rings is 1. The zero-order chi connectivity index (χ0) is 16.6. The lowest BCUT2D eigenvalue weighted by Gasteiger charge is -2.26. The number of nitrogens with one attached hydrogen (secondary N) is 1. The number of hydrogen-bond donors (Lipinski definition) is 3. The molecule has 122 valence electrons. The van der Waals surface area contributed by atoms with Gasteiger partial charge in [0, 0.05) is 17.6 Å². The van der Waals surface area contributed by atoms with Crippen LogP contribution in [0.3, 0.4) is 0 Å². The molecule has 0 bridgehead atoms. The Morgan fingerprint density at radius 3 is 2.70 bits per heavy atom. The minimum atomic E-state index is -1.38. The predicted octanol–water partition coefficient (Wildman–Crippen LogP) is 3.43. The number of amides is 1. The molecule has 2 heterocycles. The second-order valence-corrected chi connectivity index (χ2v) is 6.07. The van der Waals surface area contributed by atoms with Gasteiger partial charge in [0.1, 0.15) is 5.69 Å². The normalized spacial score (nSPS) is 17.5. The van der Waals surface area contributed by atoms with Crippen LogP contribution in [-0.4, -0.2) is 22.7 Å². The fourth-order valence-electron chi connectivity index (χ4n) is 2.83. The fourth-order valence-corrected chi connectivity index (χ4v) is 3.44. The number of nitrogen functional groups attached to an aromatic ring is 1. The molecule has 0 aliphatic carbocycles. The van der Waals surface area contributed by atoms with Crippen LogP contribution in [0.2, 0.25) is 0 Å². The summed E-state index contributed by atoms with van der Waals surface area (Å²) in [4.78, 5) is 16.4. The van der Waals surface area contributed by atoms with Crippen molar-refractivity contribution in [1.82, 2.24) is 4.98 Å². The zero-order valence-corrected chi connectivity index (χ0v) is 12.7. The molecular weight excluding hydrogens is 326 g/mol. The molecule has 1 aromatic heterocycles. The third-order valence-corrected chi connectivity index (χ3v) is 4.38. The highest BCUT2D eigenvalue weighted by atomic mass is 32.1. The minimum Gasteiger partial charge on any atom is -0.465 e. The van der Waals surface area contributed by atoms with E-state index < -0.39 is 17.7 Å². The van der Waals surface area contributed by atoms with E-state index in [0.717, 1.165) is 25.0 Å². The van der Waals surface area contributed by atoms with E-state index in [1.807, 2.05) is 5.32 Å². The van der Waals surface area contributed by atoms with Crippen LogP contribution in [0, 0.1) is 11.6 Å². The van der Waals surface area contributed by atoms with Crippen molar-refractivity contribution in [3.8, 4) is 0 Å². The second-order valence-electron chi connectivity index (χ2n) is 5.18. The number of benzene rings is 1. The van der Waals surface area contributed by atoms with Crippen LogP contribution >= 0.6 is 11.3 Å². The van der Waals surface area contributed by atoms with Gasteiger partial charge in [-0.15, -0.1) is 11.3 Å². The first-order chi connectivity index (χ1) is 11.0. The summed E-state index contributed by atoms with van der Waals surface area (Å²) in [6.07, 6.45) is 0.112. The van der Waals surface area contributed by atoms with Gasteiger partial charge >= 0.3 is 6.09 Å². The predicted molar refractivity (Wildman–Crippen MR) is 83.9 cm³/mol. The number of aromatic nitrogens is 1. The highest BCUT2D eigenvalue weighted by Crippen LogP contribution is 2.39. The molecule has 0 saturated carbocycles. The number of nitrogens with two attached hydrogens (primary N) is 1. The molecule has 9 heteroatoms. The van der Waals surface area contributed by atoms with Crippen molar-refractivity contribution in [2.75, 3.05) is 22.5 Å². The molecule has 0 radical (unpaired) electrons. The van der Waals surface area contributed by atoms with Crippen molar-refractivity contribution in [2.24, 2.45) is 0 Å². The first-order valence-electron chi connectivity index (χ1n) is 6.92. The van der Waals surface area contributed by atoms with Gasteiger partial charge in [0.05, 0.1) is 11.7 Å². The topological polar surface area (TPSA) is 91.5 Å². The summed E-state index contributed by atoms with van der Waals surface area (Å²) in [5, 5.41) is 12.8. The lowest BCUT2D eigenvalue weighted by molar-refractivity contribution is 0.209. The van der Waals surface area contributed by atoms with Crippen LogP contribution in [-0.2, 0) is 0 Å². The van der Waals surface area contributed by atoms with E-state index in [-0.39, 0.29) is 17.4 Å². The van der Waals surface area contributed by atoms with E-state index in [1.165, 1.54) is 11.3 Å². The standard InChI is InChI=1S/C14H14F2N4O2S/c15-8-4-7(18-14(21)22)5-9(16)12(8)20-3-1-2-11(20)10-6-23-13(17)19-10/h4-6,11,18H,1-3H2,(H2,17,19)(H,21,22). The van der Waals surface area contributed by atoms with Gasteiger partial charge in [0.15, 0.2) is 16.8 Å². The summed E-state index contributed by atoms with van der Waals surface area (Å²) in [6.45, 7) is 0.488. The van der Waals surface area contributed by atoms with Crippen LogP contribution in [0.5, 0.6) is 0 Å². The minimum absolute atomic E-state index is 0.148. The fraction of sp³-hybridized carbons (Fsp3) is 0.286. The maximum atomic E-state index is 14.4. The maximum Gasteiger partial charge on any atom is 0.409 e. The molecule has 1 unspecified atom stereocenters. The molecule has 6 nitrogen and oxygen atoms in total. The van der Waals surface area contributed by atoms with E-state index in [9.17, 15) is 13.6 Å². The number of carbonyl (C=O) groups is 1. The molecule has 1 saturated heterocycles. The molecule has 1 aliphatic rings. The zero-order valence-electron chi connectivity index (χ0n) is 11.9. The van der Waals surface area contributed by atoms with E-state index in [4.69, 9.17) is 10.8 Å². The van der Waals surface area contributed by atoms with Crippen molar-refractivity contribution in [3.63, 3.8) is 0 Å². The Labute approximate surface area is 134 Å². The first kappa shape index (κ1) is 15.5. The molecule has 1 atom stereocenters. The van der Waals surface area contributed by atoms with Gasteiger partial charge in [0.2, 0.25) is 0 Å². The monoisotopic (exact) mass is 340 g/mol. The van der Waals surface area contributed by atoms with Crippen LogP contribution in [0.15, 0.2) is 17.5 Å². The van der Waals surface area contributed by atoms with Gasteiger partial charge in [-0.05, 0) is 25.0 Å². The molecular formula is C14H14F2N4O2S. The van der Waals surface area contributed by atoms with Crippen molar-refractivity contribution in [3.05, 3.63) is 34.8 Å². The summed E-state index contributed by atoms with van der Waals surface area (Å²) in [5.41, 5.74) is 6.00. The van der Waals surface area contributed by atoms with Gasteiger partial charge in [-0.25, -0.2) is 18.6 Å². The smallest absolute Gasteiger partial charge is 0.409 e. The molecule has 3 rings (SSSR count). The van der Waals surface area contributed by atoms with Gasteiger partial charge in [-0.1, -0.05) is 0 Å². The number of carboxylic acid groups (broad SMARTS) is 1. The molecule has 4 N–H and O–H groups in total. The summed E-state index contributed by atoms with van der Waals surface area (Å²) >= 11 is 1.28. The number of nitrogens with zero attached hydrogens (tertiary/aromatic N) is 2. The number of rotatable bonds is 3. The van der Waals surface area contributed by atoms with Crippen LogP contribution in [0.4, 0.5) is 30.1 Å². The summed E-state index contributed by atoms with van der Waals surface area (Å²) in [5.74, 6) is -1.63. The Morgan fingerprint density at radius 2 is 2.13 bits per heavy atom. The van der Waals surface area contributed by atoms with Crippen LogP contribution in [0.1, 0.15) is 24.6 Å². The molecule has 2 aromatic rings. The Morgan fingerprint density at radius 1 is 1.43 bits per heavy atom. The Bertz CT molecular complexity index is 729. The van der Waals surface area contributed by atoms with Gasteiger partial charge in [0.25, 0.3) is 0 Å².